The first kappa shape index (κ1) is 15.1. The molecule has 0 saturated carbocycles. The average Bonchev–Trinajstić information content (AvgIpc) is 2.54. The van der Waals surface area contributed by atoms with Crippen LogP contribution in [0.4, 0.5) is 0 Å². The second-order valence-electron chi connectivity index (χ2n) is 5.36. The molecule has 6 heteroatoms. The molecule has 3 rings (SSSR count). The predicted molar refractivity (Wildman–Crippen MR) is 85.0 cm³/mol. The second kappa shape index (κ2) is 6.16. The quantitative estimate of drug-likeness (QED) is 0.936. The number of carbonyl (C=O) groups excluding carboxylic acids is 1. The van der Waals surface area contributed by atoms with Gasteiger partial charge in [-0.3, -0.25) is 9.59 Å². The van der Waals surface area contributed by atoms with Crippen molar-refractivity contribution in [3.8, 4) is 11.5 Å². The smallest absolute Gasteiger partial charge is 0.270 e. The number of carbonyl (C=O) groups is 1. The number of pyridine rings is 1. The molecule has 6 nitrogen and oxygen atoms in total. The van der Waals surface area contributed by atoms with Gasteiger partial charge < -0.3 is 19.4 Å². The van der Waals surface area contributed by atoms with E-state index >= 15 is 0 Å². The zero-order valence-corrected chi connectivity index (χ0v) is 13.0. The van der Waals surface area contributed by atoms with E-state index in [9.17, 15) is 9.59 Å². The van der Waals surface area contributed by atoms with Crippen LogP contribution in [0.1, 0.15) is 28.5 Å². The number of ether oxygens (including phenoxy) is 2. The number of benzene rings is 1. The van der Waals surface area contributed by atoms with Gasteiger partial charge in [0.2, 0.25) is 5.43 Å². The minimum absolute atomic E-state index is 0.00297. The number of nitrogens with one attached hydrogen (secondary N) is 1. The molecule has 1 aliphatic heterocycles. The van der Waals surface area contributed by atoms with Crippen LogP contribution in [-0.2, 0) is 0 Å². The highest BCUT2D eigenvalue weighted by Gasteiger charge is 2.34. The van der Waals surface area contributed by atoms with Crippen LogP contribution in [-0.4, -0.2) is 36.6 Å². The molecule has 1 aliphatic rings. The predicted octanol–water partition coefficient (Wildman–Crippen LogP) is 1.98. The molecule has 1 aromatic carbocycles. The molecule has 1 saturated heterocycles. The number of hydrogen-bond acceptors (Lipinski definition) is 4. The normalized spacial score (nSPS) is 16.6. The van der Waals surface area contributed by atoms with Crippen molar-refractivity contribution in [1.82, 2.24) is 9.88 Å². The minimum Gasteiger partial charge on any atom is -0.497 e. The van der Waals surface area contributed by atoms with E-state index < -0.39 is 0 Å². The van der Waals surface area contributed by atoms with E-state index in [1.54, 1.807) is 12.0 Å². The van der Waals surface area contributed by atoms with Crippen molar-refractivity contribution in [3.63, 3.8) is 0 Å². The lowest BCUT2D eigenvalue weighted by atomic mass is 9.94. The molecule has 0 unspecified atom stereocenters. The van der Waals surface area contributed by atoms with Crippen molar-refractivity contribution in [2.24, 2.45) is 0 Å². The number of aromatic amines is 1. The third-order valence-electron chi connectivity index (χ3n) is 4.09. The lowest BCUT2D eigenvalue weighted by Crippen LogP contribution is -2.45. The number of amides is 1. The van der Waals surface area contributed by atoms with Gasteiger partial charge in [-0.05, 0) is 24.1 Å². The van der Waals surface area contributed by atoms with Crippen LogP contribution >= 0.6 is 0 Å². The Hall–Kier alpha value is -2.76. The summed E-state index contributed by atoms with van der Waals surface area (Å²) < 4.78 is 10.1. The Kier molecular flexibility index (Phi) is 4.06. The van der Waals surface area contributed by atoms with Gasteiger partial charge in [0.15, 0.2) is 5.75 Å². The van der Waals surface area contributed by atoms with Gasteiger partial charge in [-0.2, -0.15) is 0 Å². The van der Waals surface area contributed by atoms with Gasteiger partial charge in [0.05, 0.1) is 20.3 Å². The second-order valence-corrected chi connectivity index (χ2v) is 5.36. The monoisotopic (exact) mass is 314 g/mol. The van der Waals surface area contributed by atoms with Crippen molar-refractivity contribution in [2.75, 3.05) is 20.8 Å². The van der Waals surface area contributed by atoms with Crippen molar-refractivity contribution >= 4 is 5.91 Å². The highest BCUT2D eigenvalue weighted by Crippen LogP contribution is 2.35. The van der Waals surface area contributed by atoms with Gasteiger partial charge in [0.25, 0.3) is 5.91 Å². The number of likely N-dealkylation sites (tertiary alicyclic amines) is 1. The molecule has 0 radical (unpaired) electrons. The van der Waals surface area contributed by atoms with Crippen molar-refractivity contribution < 1.29 is 14.3 Å². The molecule has 1 aromatic heterocycles. The maximum Gasteiger partial charge on any atom is 0.270 e. The Morgan fingerprint density at radius 1 is 1.26 bits per heavy atom. The van der Waals surface area contributed by atoms with Gasteiger partial charge in [-0.15, -0.1) is 0 Å². The SMILES string of the molecule is COc1cccc([C@@H]2CCN2C(=O)c2cc(=O)c(OC)c[nH]2)c1. The maximum atomic E-state index is 12.6. The summed E-state index contributed by atoms with van der Waals surface area (Å²) in [6, 6.07) is 8.97. The molecule has 0 aliphatic carbocycles. The first-order valence-electron chi connectivity index (χ1n) is 7.35. The fourth-order valence-electron chi connectivity index (χ4n) is 2.72. The van der Waals surface area contributed by atoms with E-state index in [1.165, 1.54) is 19.4 Å². The molecule has 1 fully saturated rings. The maximum absolute atomic E-state index is 12.6. The highest BCUT2D eigenvalue weighted by molar-refractivity contribution is 5.93. The van der Waals surface area contributed by atoms with Crippen LogP contribution in [0.25, 0.3) is 0 Å². The zero-order valence-electron chi connectivity index (χ0n) is 13.0. The Morgan fingerprint density at radius 2 is 2.09 bits per heavy atom. The Balaban J connectivity index is 1.82. The fraction of sp³-hybridized carbons (Fsp3) is 0.294. The zero-order chi connectivity index (χ0) is 16.4. The molecule has 2 heterocycles. The number of H-pyrrole nitrogens is 1. The number of hydrogen-bond donors (Lipinski definition) is 1. The molecule has 2 aromatic rings. The van der Waals surface area contributed by atoms with E-state index in [1.807, 2.05) is 24.3 Å². The van der Waals surface area contributed by atoms with Gasteiger partial charge in [-0.1, -0.05) is 12.1 Å². The number of rotatable bonds is 4. The van der Waals surface area contributed by atoms with Crippen LogP contribution in [0.2, 0.25) is 0 Å². The van der Waals surface area contributed by atoms with Gasteiger partial charge >= 0.3 is 0 Å². The number of aromatic nitrogens is 1. The van der Waals surface area contributed by atoms with Crippen molar-refractivity contribution in [3.05, 3.63) is 58.0 Å². The third-order valence-corrected chi connectivity index (χ3v) is 4.09. The minimum atomic E-state index is -0.312. The molecule has 0 spiro atoms. The van der Waals surface area contributed by atoms with E-state index in [2.05, 4.69) is 4.98 Å². The first-order chi connectivity index (χ1) is 11.1. The highest BCUT2D eigenvalue weighted by atomic mass is 16.5. The summed E-state index contributed by atoms with van der Waals surface area (Å²) in [6.45, 7) is 0.661. The van der Waals surface area contributed by atoms with Crippen LogP contribution < -0.4 is 14.9 Å². The topological polar surface area (TPSA) is 71.6 Å². The van der Waals surface area contributed by atoms with Gasteiger partial charge in [-0.25, -0.2) is 0 Å². The van der Waals surface area contributed by atoms with Crippen molar-refractivity contribution in [2.45, 2.75) is 12.5 Å². The lowest BCUT2D eigenvalue weighted by molar-refractivity contribution is 0.0453. The molecule has 120 valence electrons. The standard InChI is InChI=1S/C17H18N2O4/c1-22-12-5-3-4-11(8-12)14-6-7-19(14)17(21)13-9-15(20)16(23-2)10-18-13/h3-5,8-10,14H,6-7H2,1-2H3,(H,18,20)/t14-/m0/s1. The number of methoxy groups -OCH3 is 2. The summed E-state index contributed by atoms with van der Waals surface area (Å²) in [6.07, 6.45) is 2.30. The lowest BCUT2D eigenvalue weighted by Gasteiger charge is -2.41. The Morgan fingerprint density at radius 3 is 2.70 bits per heavy atom. The summed E-state index contributed by atoms with van der Waals surface area (Å²) in [5.74, 6) is 0.762. The van der Waals surface area contributed by atoms with Crippen LogP contribution in [0.15, 0.2) is 41.3 Å². The third kappa shape index (κ3) is 2.79. The Labute approximate surface area is 133 Å². The van der Waals surface area contributed by atoms with Crippen LogP contribution in [0.5, 0.6) is 11.5 Å². The van der Waals surface area contributed by atoms with E-state index in [0.717, 1.165) is 17.7 Å². The fourth-order valence-corrected chi connectivity index (χ4v) is 2.72. The molecular formula is C17H18N2O4. The first-order valence-corrected chi connectivity index (χ1v) is 7.35. The van der Waals surface area contributed by atoms with E-state index in [4.69, 9.17) is 9.47 Å². The average molecular weight is 314 g/mol. The molecule has 1 N–H and O–H groups in total. The van der Waals surface area contributed by atoms with Crippen LogP contribution in [0.3, 0.4) is 0 Å². The molecular weight excluding hydrogens is 296 g/mol. The summed E-state index contributed by atoms with van der Waals surface area (Å²) in [5.41, 5.74) is 0.983. The Bertz CT molecular complexity index is 784. The van der Waals surface area contributed by atoms with Crippen molar-refractivity contribution in [1.29, 1.82) is 0 Å². The summed E-state index contributed by atoms with van der Waals surface area (Å²) in [4.78, 5) is 29.0. The largest absolute Gasteiger partial charge is 0.497 e. The molecule has 1 amide bonds. The molecule has 0 bridgehead atoms. The van der Waals surface area contributed by atoms with Gasteiger partial charge in [0, 0.05) is 18.8 Å². The van der Waals surface area contributed by atoms with E-state index in [0.29, 0.717) is 6.54 Å². The summed E-state index contributed by atoms with van der Waals surface area (Å²) in [5, 5.41) is 0. The molecule has 23 heavy (non-hydrogen) atoms. The van der Waals surface area contributed by atoms with Crippen LogP contribution in [0, 0.1) is 0 Å². The van der Waals surface area contributed by atoms with E-state index in [-0.39, 0.29) is 28.8 Å². The molecule has 1 atom stereocenters. The number of nitrogens with zero attached hydrogens (tertiary/aromatic N) is 1. The van der Waals surface area contributed by atoms with Gasteiger partial charge in [0.1, 0.15) is 11.4 Å². The summed E-state index contributed by atoms with van der Waals surface area (Å²) >= 11 is 0. The summed E-state index contributed by atoms with van der Waals surface area (Å²) in [7, 11) is 3.03.